The average Bonchev–Trinajstić information content (AvgIpc) is 2.83. The van der Waals surface area contributed by atoms with Crippen LogP contribution in [0.3, 0.4) is 0 Å². The molecule has 5 heteroatoms. The number of allylic oxidation sites excluding steroid dienone is 2. The first kappa shape index (κ1) is 11.9. The summed E-state index contributed by atoms with van der Waals surface area (Å²) in [6, 6.07) is 6.71. The fraction of sp³-hybridized carbons (Fsp3) is 0.0714. The summed E-state index contributed by atoms with van der Waals surface area (Å²) in [6.45, 7) is 0. The summed E-state index contributed by atoms with van der Waals surface area (Å²) in [7, 11) is 1.79. The van der Waals surface area contributed by atoms with Crippen molar-refractivity contribution in [1.29, 1.82) is 0 Å². The van der Waals surface area contributed by atoms with Crippen molar-refractivity contribution in [3.05, 3.63) is 58.6 Å². The molecule has 2 aromatic heterocycles. The topological polar surface area (TPSA) is 52.0 Å². The second-order valence-corrected chi connectivity index (χ2v) is 4.63. The van der Waals surface area contributed by atoms with E-state index < -0.39 is 0 Å². The lowest BCUT2D eigenvalue weighted by atomic mass is 9.91. The van der Waals surface area contributed by atoms with E-state index in [1.807, 2.05) is 0 Å². The molecule has 19 heavy (non-hydrogen) atoms. The SMILES string of the molecule is Cn1cccc1C1=C(Cl)C(=O)c2cccnc2C1=O. The highest BCUT2D eigenvalue weighted by molar-refractivity contribution is 6.56. The van der Waals surface area contributed by atoms with Gasteiger partial charge < -0.3 is 4.57 Å². The summed E-state index contributed by atoms with van der Waals surface area (Å²) < 4.78 is 1.75. The standard InChI is InChI=1S/C14H9ClN2O2/c1-17-7-3-5-9(17)10-11(15)13(18)8-4-2-6-16-12(8)14(10)19/h2-7H,1H3. The number of hydrogen-bond donors (Lipinski definition) is 0. The molecule has 1 aliphatic rings. The van der Waals surface area contributed by atoms with Crippen LogP contribution in [0.25, 0.3) is 5.57 Å². The van der Waals surface area contributed by atoms with E-state index in [4.69, 9.17) is 11.6 Å². The Morgan fingerprint density at radius 1 is 1.16 bits per heavy atom. The number of fused-ring (bicyclic) bond motifs is 1. The zero-order chi connectivity index (χ0) is 13.6. The van der Waals surface area contributed by atoms with Crippen molar-refractivity contribution in [2.45, 2.75) is 0 Å². The van der Waals surface area contributed by atoms with Gasteiger partial charge in [-0.1, -0.05) is 11.6 Å². The van der Waals surface area contributed by atoms with Gasteiger partial charge in [0.05, 0.1) is 16.8 Å². The Bertz CT molecular complexity index is 743. The second-order valence-electron chi connectivity index (χ2n) is 4.25. The lowest BCUT2D eigenvalue weighted by Gasteiger charge is -2.17. The number of hydrogen-bond acceptors (Lipinski definition) is 3. The Kier molecular flexibility index (Phi) is 2.61. The van der Waals surface area contributed by atoms with Crippen LogP contribution in [0, 0.1) is 0 Å². The third-order valence-corrected chi connectivity index (χ3v) is 3.47. The van der Waals surface area contributed by atoms with Crippen molar-refractivity contribution in [1.82, 2.24) is 9.55 Å². The van der Waals surface area contributed by atoms with E-state index in [1.54, 1.807) is 42.1 Å². The summed E-state index contributed by atoms with van der Waals surface area (Å²) in [6.07, 6.45) is 3.28. The maximum atomic E-state index is 12.5. The van der Waals surface area contributed by atoms with Crippen LogP contribution in [-0.2, 0) is 7.05 Å². The highest BCUT2D eigenvalue weighted by Crippen LogP contribution is 2.33. The van der Waals surface area contributed by atoms with Crippen molar-refractivity contribution in [3.63, 3.8) is 0 Å². The molecule has 3 rings (SSSR count). The number of Topliss-reactive ketones (excluding diaryl/α,β-unsaturated/α-hetero) is 2. The monoisotopic (exact) mass is 272 g/mol. The molecular formula is C14H9ClN2O2. The van der Waals surface area contributed by atoms with Crippen LogP contribution in [-0.4, -0.2) is 21.1 Å². The number of carbonyl (C=O) groups is 2. The van der Waals surface area contributed by atoms with E-state index in [9.17, 15) is 9.59 Å². The van der Waals surface area contributed by atoms with Gasteiger partial charge in [-0.25, -0.2) is 0 Å². The fourth-order valence-electron chi connectivity index (χ4n) is 2.17. The molecule has 0 saturated carbocycles. The number of carbonyl (C=O) groups excluding carboxylic acids is 2. The maximum Gasteiger partial charge on any atom is 0.215 e. The molecule has 0 fully saturated rings. The minimum Gasteiger partial charge on any atom is -0.350 e. The molecule has 0 aromatic carbocycles. The molecule has 0 atom stereocenters. The van der Waals surface area contributed by atoms with Gasteiger partial charge in [0.25, 0.3) is 0 Å². The molecule has 0 aliphatic heterocycles. The van der Waals surface area contributed by atoms with Crippen molar-refractivity contribution in [2.24, 2.45) is 7.05 Å². The van der Waals surface area contributed by atoms with Crippen LogP contribution in [0.4, 0.5) is 0 Å². The first-order valence-electron chi connectivity index (χ1n) is 5.67. The lowest BCUT2D eigenvalue weighted by molar-refractivity contribution is 0.0994. The van der Waals surface area contributed by atoms with Crippen molar-refractivity contribution in [3.8, 4) is 0 Å². The van der Waals surface area contributed by atoms with Gasteiger partial charge in [-0.3, -0.25) is 14.6 Å². The third kappa shape index (κ3) is 1.64. The molecule has 0 unspecified atom stereocenters. The number of aryl methyl sites for hydroxylation is 1. The number of halogens is 1. The van der Waals surface area contributed by atoms with E-state index in [0.29, 0.717) is 5.69 Å². The van der Waals surface area contributed by atoms with Crippen molar-refractivity contribution >= 4 is 28.7 Å². The van der Waals surface area contributed by atoms with Crippen molar-refractivity contribution in [2.75, 3.05) is 0 Å². The first-order chi connectivity index (χ1) is 9.11. The van der Waals surface area contributed by atoms with E-state index >= 15 is 0 Å². The minimum atomic E-state index is -0.361. The fourth-order valence-corrected chi connectivity index (χ4v) is 2.45. The number of nitrogens with zero attached hydrogens (tertiary/aromatic N) is 2. The van der Waals surface area contributed by atoms with Crippen LogP contribution < -0.4 is 0 Å². The van der Waals surface area contributed by atoms with Gasteiger partial charge in [-0.2, -0.15) is 0 Å². The molecule has 0 N–H and O–H groups in total. The molecule has 0 amide bonds. The summed E-state index contributed by atoms with van der Waals surface area (Å²) in [5.41, 5.74) is 1.24. The van der Waals surface area contributed by atoms with Crippen LogP contribution in [0.15, 0.2) is 41.7 Å². The normalized spacial score (nSPS) is 14.8. The van der Waals surface area contributed by atoms with Crippen molar-refractivity contribution < 1.29 is 9.59 Å². The molecule has 1 aliphatic carbocycles. The Morgan fingerprint density at radius 2 is 1.95 bits per heavy atom. The molecule has 2 aromatic rings. The molecular weight excluding hydrogens is 264 g/mol. The van der Waals surface area contributed by atoms with E-state index in [1.165, 1.54) is 6.20 Å². The number of ketones is 2. The summed E-state index contributed by atoms with van der Waals surface area (Å²) in [5, 5.41) is -0.0488. The zero-order valence-corrected chi connectivity index (χ0v) is 10.8. The number of rotatable bonds is 1. The lowest BCUT2D eigenvalue weighted by Crippen LogP contribution is -2.21. The van der Waals surface area contributed by atoms with E-state index in [-0.39, 0.29) is 33.4 Å². The molecule has 4 nitrogen and oxygen atoms in total. The smallest absolute Gasteiger partial charge is 0.215 e. The predicted molar refractivity (Wildman–Crippen MR) is 71.1 cm³/mol. The van der Waals surface area contributed by atoms with Gasteiger partial charge in [-0.05, 0) is 24.3 Å². The van der Waals surface area contributed by atoms with Crippen LogP contribution >= 0.6 is 11.6 Å². The van der Waals surface area contributed by atoms with Crippen LogP contribution in [0.1, 0.15) is 26.5 Å². The average molecular weight is 273 g/mol. The molecule has 0 spiro atoms. The van der Waals surface area contributed by atoms with Gasteiger partial charge in [-0.15, -0.1) is 0 Å². The Hall–Kier alpha value is -2.20. The zero-order valence-electron chi connectivity index (χ0n) is 10.1. The number of pyridine rings is 1. The summed E-state index contributed by atoms with van der Waals surface area (Å²) in [4.78, 5) is 28.6. The quantitative estimate of drug-likeness (QED) is 0.801. The third-order valence-electron chi connectivity index (χ3n) is 3.11. The molecule has 0 radical (unpaired) electrons. The Morgan fingerprint density at radius 3 is 2.63 bits per heavy atom. The van der Waals surface area contributed by atoms with Crippen LogP contribution in [0.2, 0.25) is 0 Å². The number of aromatic nitrogens is 2. The van der Waals surface area contributed by atoms with Gasteiger partial charge in [0.2, 0.25) is 11.6 Å². The molecule has 94 valence electrons. The second kappa shape index (κ2) is 4.17. The highest BCUT2D eigenvalue weighted by Gasteiger charge is 2.33. The van der Waals surface area contributed by atoms with Gasteiger partial charge in [0.1, 0.15) is 10.7 Å². The Balaban J connectivity index is 2.28. The van der Waals surface area contributed by atoms with Crippen LogP contribution in [0.5, 0.6) is 0 Å². The van der Waals surface area contributed by atoms with E-state index in [2.05, 4.69) is 4.98 Å². The van der Waals surface area contributed by atoms with E-state index in [0.717, 1.165) is 0 Å². The minimum absolute atomic E-state index is 0.0488. The Labute approximate surface area is 114 Å². The highest BCUT2D eigenvalue weighted by atomic mass is 35.5. The summed E-state index contributed by atoms with van der Waals surface area (Å²) >= 11 is 6.09. The molecule has 0 saturated heterocycles. The first-order valence-corrected chi connectivity index (χ1v) is 6.05. The van der Waals surface area contributed by atoms with Gasteiger partial charge in [0.15, 0.2) is 0 Å². The summed E-state index contributed by atoms with van der Waals surface area (Å²) in [5.74, 6) is -0.678. The van der Waals surface area contributed by atoms with Gasteiger partial charge in [0, 0.05) is 19.4 Å². The molecule has 0 bridgehead atoms. The van der Waals surface area contributed by atoms with Gasteiger partial charge >= 0.3 is 0 Å². The predicted octanol–water partition coefficient (Wildman–Crippen LogP) is 2.45. The molecule has 2 heterocycles. The maximum absolute atomic E-state index is 12.5. The largest absolute Gasteiger partial charge is 0.350 e.